The Kier molecular flexibility index (Phi) is 5.15. The smallest absolute Gasteiger partial charge is 0.226 e. The first-order chi connectivity index (χ1) is 11.6. The molecule has 0 radical (unpaired) electrons. The first-order valence-electron chi connectivity index (χ1n) is 7.91. The van der Waals surface area contributed by atoms with Gasteiger partial charge < -0.3 is 15.4 Å². The summed E-state index contributed by atoms with van der Waals surface area (Å²) in [5.41, 5.74) is 6.35. The van der Waals surface area contributed by atoms with Gasteiger partial charge in [0.15, 0.2) is 0 Å². The highest BCUT2D eigenvalue weighted by molar-refractivity contribution is 6.32. The third-order valence-electron chi connectivity index (χ3n) is 4.03. The average molecular weight is 347 g/mol. The number of halogens is 1. The molecule has 1 amide bonds. The summed E-state index contributed by atoms with van der Waals surface area (Å²) in [6, 6.07) is 10.7. The fourth-order valence-corrected chi connectivity index (χ4v) is 3.05. The van der Waals surface area contributed by atoms with Crippen LogP contribution in [0.25, 0.3) is 0 Å². The van der Waals surface area contributed by atoms with E-state index in [4.69, 9.17) is 22.1 Å². The first kappa shape index (κ1) is 16.5. The Morgan fingerprint density at radius 3 is 2.88 bits per heavy atom. The molecule has 1 fully saturated rings. The summed E-state index contributed by atoms with van der Waals surface area (Å²) in [4.78, 5) is 14.4. The molecule has 3 rings (SSSR count). The molecule has 0 spiro atoms. The van der Waals surface area contributed by atoms with Crippen molar-refractivity contribution in [2.24, 2.45) is 0 Å². The number of aromatic nitrogens is 2. The van der Waals surface area contributed by atoms with E-state index in [-0.39, 0.29) is 11.9 Å². The van der Waals surface area contributed by atoms with Crippen molar-refractivity contribution in [1.29, 1.82) is 0 Å². The van der Waals surface area contributed by atoms with Crippen LogP contribution >= 0.6 is 11.6 Å². The molecule has 0 aliphatic carbocycles. The molecule has 2 N–H and O–H groups in total. The highest BCUT2D eigenvalue weighted by atomic mass is 35.5. The Hall–Kier alpha value is -2.34. The second-order valence-corrected chi connectivity index (χ2v) is 6.06. The lowest BCUT2D eigenvalue weighted by atomic mass is 10.1. The van der Waals surface area contributed by atoms with Gasteiger partial charge in [0.05, 0.1) is 29.8 Å². The van der Waals surface area contributed by atoms with Crippen molar-refractivity contribution < 1.29 is 9.53 Å². The lowest BCUT2D eigenvalue weighted by molar-refractivity contribution is -0.132. The molecule has 1 aliphatic rings. The van der Waals surface area contributed by atoms with Crippen molar-refractivity contribution in [2.75, 3.05) is 18.9 Å². The van der Waals surface area contributed by atoms with Crippen LogP contribution in [0.4, 0.5) is 5.82 Å². The highest BCUT2D eigenvalue weighted by Gasteiger charge is 2.30. The van der Waals surface area contributed by atoms with Crippen molar-refractivity contribution >= 4 is 23.3 Å². The van der Waals surface area contributed by atoms with Crippen molar-refractivity contribution in [1.82, 2.24) is 15.1 Å². The molecule has 2 aromatic rings. The third kappa shape index (κ3) is 3.76. The Morgan fingerprint density at radius 2 is 2.12 bits per heavy atom. The molecule has 2 heterocycles. The Bertz CT molecular complexity index is 708. The molecular weight excluding hydrogens is 328 g/mol. The van der Waals surface area contributed by atoms with E-state index in [1.807, 2.05) is 23.1 Å². The zero-order valence-electron chi connectivity index (χ0n) is 13.2. The molecule has 6 nitrogen and oxygen atoms in total. The normalized spacial score (nSPS) is 17.0. The summed E-state index contributed by atoms with van der Waals surface area (Å²) in [5.74, 6) is 1.01. The monoisotopic (exact) mass is 346 g/mol. The number of nitrogens with two attached hydrogens (primary N) is 1. The van der Waals surface area contributed by atoms with Crippen molar-refractivity contribution in [3.8, 4) is 5.75 Å². The van der Waals surface area contributed by atoms with Crippen molar-refractivity contribution in [3.63, 3.8) is 0 Å². The lowest BCUT2D eigenvalue weighted by Crippen LogP contribution is -2.32. The predicted molar refractivity (Wildman–Crippen MR) is 91.7 cm³/mol. The zero-order chi connectivity index (χ0) is 16.9. The fourth-order valence-electron chi connectivity index (χ4n) is 2.86. The number of rotatable bonds is 5. The molecule has 1 aliphatic heterocycles. The maximum Gasteiger partial charge on any atom is 0.226 e. The molecule has 0 saturated carbocycles. The lowest BCUT2D eigenvalue weighted by Gasteiger charge is -2.24. The van der Waals surface area contributed by atoms with Crippen molar-refractivity contribution in [3.05, 3.63) is 47.1 Å². The van der Waals surface area contributed by atoms with Crippen LogP contribution in [0, 0.1) is 0 Å². The maximum atomic E-state index is 12.5. The number of ether oxygens (including phenoxy) is 1. The highest BCUT2D eigenvalue weighted by Crippen LogP contribution is 2.31. The zero-order valence-corrected chi connectivity index (χ0v) is 13.9. The van der Waals surface area contributed by atoms with Crippen molar-refractivity contribution in [2.45, 2.75) is 25.3 Å². The van der Waals surface area contributed by atoms with Gasteiger partial charge in [0.1, 0.15) is 11.6 Å². The molecule has 1 aromatic heterocycles. The summed E-state index contributed by atoms with van der Waals surface area (Å²) in [7, 11) is 0. The van der Waals surface area contributed by atoms with E-state index in [1.165, 1.54) is 0 Å². The molecule has 24 heavy (non-hydrogen) atoms. The summed E-state index contributed by atoms with van der Waals surface area (Å²) in [6.07, 6.45) is 2.13. The Balaban J connectivity index is 1.58. The van der Waals surface area contributed by atoms with Gasteiger partial charge in [-0.2, -0.15) is 5.10 Å². The number of likely N-dealkylation sites (tertiary alicyclic amines) is 1. The number of carbonyl (C=O) groups is 1. The van der Waals surface area contributed by atoms with Crippen LogP contribution in [0.2, 0.25) is 5.02 Å². The van der Waals surface area contributed by atoms with Gasteiger partial charge in [-0.05, 0) is 37.1 Å². The third-order valence-corrected chi connectivity index (χ3v) is 4.34. The van der Waals surface area contributed by atoms with Crippen LogP contribution in [0.1, 0.15) is 31.0 Å². The molecule has 1 saturated heterocycles. The van der Waals surface area contributed by atoms with Crippen LogP contribution in [0.15, 0.2) is 36.4 Å². The number of hydrogen-bond donors (Lipinski definition) is 1. The quantitative estimate of drug-likeness (QED) is 0.900. The fraction of sp³-hybridized carbons (Fsp3) is 0.353. The van der Waals surface area contributed by atoms with E-state index in [0.717, 1.165) is 25.1 Å². The Morgan fingerprint density at radius 1 is 1.29 bits per heavy atom. The minimum Gasteiger partial charge on any atom is -0.491 e. The number of carbonyl (C=O) groups excluding carboxylic acids is 1. The average Bonchev–Trinajstić information content (AvgIpc) is 3.07. The topological polar surface area (TPSA) is 81.3 Å². The van der Waals surface area contributed by atoms with Crippen LogP contribution in [0.3, 0.4) is 0 Å². The second-order valence-electron chi connectivity index (χ2n) is 5.66. The second kappa shape index (κ2) is 7.49. The van der Waals surface area contributed by atoms with E-state index in [2.05, 4.69) is 10.2 Å². The summed E-state index contributed by atoms with van der Waals surface area (Å²) in [5, 5.41) is 8.54. The molecule has 0 bridgehead atoms. The first-order valence-corrected chi connectivity index (χ1v) is 8.29. The summed E-state index contributed by atoms with van der Waals surface area (Å²) >= 11 is 6.04. The minimum absolute atomic E-state index is 0.0362. The van der Waals surface area contributed by atoms with Gasteiger partial charge in [-0.3, -0.25) is 4.79 Å². The number of benzene rings is 1. The van der Waals surface area contributed by atoms with Crippen LogP contribution in [-0.2, 0) is 4.79 Å². The molecule has 126 valence electrons. The molecule has 1 aromatic carbocycles. The van der Waals surface area contributed by atoms with E-state index in [0.29, 0.717) is 29.6 Å². The number of nitrogen functional groups attached to an aromatic ring is 1. The van der Waals surface area contributed by atoms with Gasteiger partial charge in [0.25, 0.3) is 0 Å². The number of para-hydroxylation sites is 1. The number of amides is 1. The van der Waals surface area contributed by atoms with Gasteiger partial charge in [0.2, 0.25) is 5.91 Å². The Labute approximate surface area is 145 Å². The van der Waals surface area contributed by atoms with E-state index >= 15 is 0 Å². The summed E-state index contributed by atoms with van der Waals surface area (Å²) < 4.78 is 5.60. The van der Waals surface area contributed by atoms with Gasteiger partial charge in [-0.15, -0.1) is 5.10 Å². The SMILES string of the molecule is Nc1ccc(C2CCCN2C(=O)CCOc2ccccc2Cl)nn1. The number of nitrogens with zero attached hydrogens (tertiary/aromatic N) is 3. The van der Waals surface area contributed by atoms with Gasteiger partial charge in [0, 0.05) is 6.54 Å². The van der Waals surface area contributed by atoms with Gasteiger partial charge >= 0.3 is 0 Å². The number of anilines is 1. The van der Waals surface area contributed by atoms with Crippen LogP contribution in [0.5, 0.6) is 5.75 Å². The number of hydrogen-bond acceptors (Lipinski definition) is 5. The van der Waals surface area contributed by atoms with E-state index < -0.39 is 0 Å². The maximum absolute atomic E-state index is 12.5. The molecular formula is C17H19ClN4O2. The largest absolute Gasteiger partial charge is 0.491 e. The molecule has 1 unspecified atom stereocenters. The minimum atomic E-state index is -0.0362. The van der Waals surface area contributed by atoms with Crippen LogP contribution in [-0.4, -0.2) is 34.2 Å². The predicted octanol–water partition coefficient (Wildman–Crippen LogP) is 2.84. The van der Waals surface area contributed by atoms with Gasteiger partial charge in [-0.1, -0.05) is 23.7 Å². The summed E-state index contributed by atoms with van der Waals surface area (Å²) in [6.45, 7) is 1.01. The standard InChI is InChI=1S/C17H19ClN4O2/c18-12-4-1-2-6-15(12)24-11-9-17(23)22-10-3-5-14(22)13-7-8-16(19)21-20-13/h1-2,4,6-8,14H,3,5,9-11H2,(H2,19,21). The van der Waals surface area contributed by atoms with E-state index in [9.17, 15) is 4.79 Å². The van der Waals surface area contributed by atoms with Gasteiger partial charge in [-0.25, -0.2) is 0 Å². The van der Waals surface area contributed by atoms with E-state index in [1.54, 1.807) is 18.2 Å². The molecule has 7 heteroatoms. The molecule has 1 atom stereocenters. The van der Waals surface area contributed by atoms with Crippen LogP contribution < -0.4 is 10.5 Å².